The number of rotatable bonds is 11. The first-order chi connectivity index (χ1) is 9.72. The molecule has 0 aromatic heterocycles. The van der Waals surface area contributed by atoms with Crippen molar-refractivity contribution >= 4 is 0 Å². The summed E-state index contributed by atoms with van der Waals surface area (Å²) < 4.78 is 16.2. The molecule has 4 nitrogen and oxygen atoms in total. The second kappa shape index (κ2) is 10.7. The van der Waals surface area contributed by atoms with E-state index in [1.165, 1.54) is 0 Å². The topological polar surface area (TPSA) is 39.7 Å². The molecule has 0 saturated carbocycles. The van der Waals surface area contributed by atoms with Crippen LogP contribution in [-0.2, 0) is 16.1 Å². The summed E-state index contributed by atoms with van der Waals surface area (Å²) in [5.41, 5.74) is 1.16. The van der Waals surface area contributed by atoms with E-state index in [-0.39, 0.29) is 0 Å². The Labute approximate surface area is 122 Å². The van der Waals surface area contributed by atoms with Gasteiger partial charge in [-0.05, 0) is 44.5 Å². The van der Waals surface area contributed by atoms with E-state index < -0.39 is 0 Å². The minimum absolute atomic E-state index is 0.322. The van der Waals surface area contributed by atoms with Gasteiger partial charge in [-0.3, -0.25) is 0 Å². The SMILES string of the molecule is COc1ccc(COCCNCCCOC(C)C)cc1. The zero-order valence-electron chi connectivity index (χ0n) is 12.9. The lowest BCUT2D eigenvalue weighted by Gasteiger charge is -2.09. The van der Waals surface area contributed by atoms with Crippen LogP contribution < -0.4 is 10.1 Å². The Morgan fingerprint density at radius 2 is 1.80 bits per heavy atom. The van der Waals surface area contributed by atoms with Crippen LogP contribution in [0.4, 0.5) is 0 Å². The highest BCUT2D eigenvalue weighted by Gasteiger charge is 1.96. The van der Waals surface area contributed by atoms with E-state index in [2.05, 4.69) is 19.2 Å². The highest BCUT2D eigenvalue weighted by atomic mass is 16.5. The summed E-state index contributed by atoms with van der Waals surface area (Å²) in [7, 11) is 1.67. The molecule has 1 aromatic rings. The smallest absolute Gasteiger partial charge is 0.118 e. The Hall–Kier alpha value is -1.10. The third kappa shape index (κ3) is 8.15. The maximum absolute atomic E-state index is 5.60. The van der Waals surface area contributed by atoms with Crippen LogP contribution >= 0.6 is 0 Å². The Morgan fingerprint density at radius 3 is 2.45 bits per heavy atom. The number of benzene rings is 1. The van der Waals surface area contributed by atoms with Crippen LogP contribution in [0.25, 0.3) is 0 Å². The summed E-state index contributed by atoms with van der Waals surface area (Å²) in [4.78, 5) is 0. The van der Waals surface area contributed by atoms with Crippen molar-refractivity contribution in [1.29, 1.82) is 0 Å². The van der Waals surface area contributed by atoms with Crippen LogP contribution in [0, 0.1) is 0 Å². The molecule has 0 atom stereocenters. The maximum atomic E-state index is 5.60. The molecule has 1 aromatic carbocycles. The van der Waals surface area contributed by atoms with Crippen molar-refractivity contribution in [3.05, 3.63) is 29.8 Å². The first-order valence-corrected chi connectivity index (χ1v) is 7.25. The van der Waals surface area contributed by atoms with E-state index in [1.807, 2.05) is 24.3 Å². The van der Waals surface area contributed by atoms with Crippen molar-refractivity contribution in [3.63, 3.8) is 0 Å². The van der Waals surface area contributed by atoms with Gasteiger partial charge in [-0.1, -0.05) is 12.1 Å². The first-order valence-electron chi connectivity index (χ1n) is 7.25. The van der Waals surface area contributed by atoms with Gasteiger partial charge >= 0.3 is 0 Å². The van der Waals surface area contributed by atoms with Crippen molar-refractivity contribution in [3.8, 4) is 5.75 Å². The molecule has 0 heterocycles. The molecule has 20 heavy (non-hydrogen) atoms. The second-order valence-corrected chi connectivity index (χ2v) is 4.92. The Balaban J connectivity index is 1.94. The third-order valence-corrected chi connectivity index (χ3v) is 2.80. The van der Waals surface area contributed by atoms with Crippen LogP contribution in [0.5, 0.6) is 5.75 Å². The molecule has 0 fully saturated rings. The summed E-state index contributed by atoms with van der Waals surface area (Å²) in [5, 5.41) is 3.34. The zero-order chi connectivity index (χ0) is 14.6. The minimum Gasteiger partial charge on any atom is -0.497 e. The van der Waals surface area contributed by atoms with Gasteiger partial charge in [0.1, 0.15) is 5.75 Å². The van der Waals surface area contributed by atoms with E-state index in [0.717, 1.165) is 44.0 Å². The second-order valence-electron chi connectivity index (χ2n) is 4.92. The molecule has 0 amide bonds. The fourth-order valence-corrected chi connectivity index (χ4v) is 1.70. The molecule has 0 aliphatic heterocycles. The van der Waals surface area contributed by atoms with Gasteiger partial charge in [0.2, 0.25) is 0 Å². The van der Waals surface area contributed by atoms with Gasteiger partial charge in [0.15, 0.2) is 0 Å². The fraction of sp³-hybridized carbons (Fsp3) is 0.625. The van der Waals surface area contributed by atoms with Gasteiger partial charge in [0.05, 0.1) is 26.4 Å². The van der Waals surface area contributed by atoms with Gasteiger partial charge in [0.25, 0.3) is 0 Å². The highest BCUT2D eigenvalue weighted by Crippen LogP contribution is 2.11. The number of nitrogens with one attached hydrogen (secondary N) is 1. The molecule has 0 unspecified atom stereocenters. The summed E-state index contributed by atoms with van der Waals surface area (Å²) in [6.45, 7) is 8.13. The molecule has 0 aliphatic carbocycles. The van der Waals surface area contributed by atoms with Gasteiger partial charge in [-0.25, -0.2) is 0 Å². The maximum Gasteiger partial charge on any atom is 0.118 e. The number of hydrogen-bond donors (Lipinski definition) is 1. The van der Waals surface area contributed by atoms with Crippen molar-refractivity contribution in [2.45, 2.75) is 33.0 Å². The average Bonchev–Trinajstić information content (AvgIpc) is 2.46. The molecular formula is C16H27NO3. The lowest BCUT2D eigenvalue weighted by molar-refractivity contribution is 0.0761. The minimum atomic E-state index is 0.322. The molecule has 0 spiro atoms. The molecule has 0 bridgehead atoms. The molecule has 114 valence electrons. The van der Waals surface area contributed by atoms with E-state index >= 15 is 0 Å². The van der Waals surface area contributed by atoms with Crippen molar-refractivity contribution in [2.24, 2.45) is 0 Å². The molecular weight excluding hydrogens is 254 g/mol. The highest BCUT2D eigenvalue weighted by molar-refractivity contribution is 5.26. The van der Waals surface area contributed by atoms with Crippen LogP contribution in [0.3, 0.4) is 0 Å². The van der Waals surface area contributed by atoms with Crippen molar-refractivity contribution < 1.29 is 14.2 Å². The van der Waals surface area contributed by atoms with E-state index in [4.69, 9.17) is 14.2 Å². The first kappa shape index (κ1) is 17.0. The van der Waals surface area contributed by atoms with Crippen LogP contribution in [0.1, 0.15) is 25.8 Å². The lowest BCUT2D eigenvalue weighted by atomic mass is 10.2. The molecule has 0 saturated heterocycles. The summed E-state index contributed by atoms with van der Waals surface area (Å²) >= 11 is 0. The molecule has 0 aliphatic rings. The number of ether oxygens (including phenoxy) is 3. The quantitative estimate of drug-likeness (QED) is 0.633. The largest absolute Gasteiger partial charge is 0.497 e. The van der Waals surface area contributed by atoms with Crippen molar-refractivity contribution in [2.75, 3.05) is 33.4 Å². The average molecular weight is 281 g/mol. The predicted octanol–water partition coefficient (Wildman–Crippen LogP) is 2.62. The standard InChI is InChI=1S/C16H27NO3/c1-14(2)20-11-4-9-17-10-12-19-13-15-5-7-16(18-3)8-6-15/h5-8,14,17H,4,9-13H2,1-3H3. The van der Waals surface area contributed by atoms with E-state index in [9.17, 15) is 0 Å². The number of hydrogen-bond acceptors (Lipinski definition) is 4. The summed E-state index contributed by atoms with van der Waals surface area (Å²) in [6, 6.07) is 7.95. The molecule has 1 rings (SSSR count). The third-order valence-electron chi connectivity index (χ3n) is 2.80. The molecule has 4 heteroatoms. The van der Waals surface area contributed by atoms with Gasteiger partial charge in [0, 0.05) is 13.2 Å². The van der Waals surface area contributed by atoms with Gasteiger partial charge in [-0.15, -0.1) is 0 Å². The monoisotopic (exact) mass is 281 g/mol. The molecule has 0 radical (unpaired) electrons. The van der Waals surface area contributed by atoms with Crippen molar-refractivity contribution in [1.82, 2.24) is 5.32 Å². The predicted molar refractivity (Wildman–Crippen MR) is 81.2 cm³/mol. The van der Waals surface area contributed by atoms with E-state index in [1.54, 1.807) is 7.11 Å². The Morgan fingerprint density at radius 1 is 1.05 bits per heavy atom. The van der Waals surface area contributed by atoms with Gasteiger partial charge < -0.3 is 19.5 Å². The summed E-state index contributed by atoms with van der Waals surface area (Å²) in [5.74, 6) is 0.874. The van der Waals surface area contributed by atoms with Crippen LogP contribution in [0.15, 0.2) is 24.3 Å². The van der Waals surface area contributed by atoms with E-state index in [0.29, 0.717) is 12.7 Å². The zero-order valence-corrected chi connectivity index (χ0v) is 12.9. The molecule has 1 N–H and O–H groups in total. The normalized spacial score (nSPS) is 11.0. The fourth-order valence-electron chi connectivity index (χ4n) is 1.70. The number of methoxy groups -OCH3 is 1. The van der Waals surface area contributed by atoms with Crippen LogP contribution in [-0.4, -0.2) is 39.5 Å². The van der Waals surface area contributed by atoms with Gasteiger partial charge in [-0.2, -0.15) is 0 Å². The summed E-state index contributed by atoms with van der Waals surface area (Å²) in [6.07, 6.45) is 1.36. The Bertz CT molecular complexity index is 338. The lowest BCUT2D eigenvalue weighted by Crippen LogP contribution is -2.22. The Kier molecular flexibility index (Phi) is 9.04. The van der Waals surface area contributed by atoms with Crippen LogP contribution in [0.2, 0.25) is 0 Å².